The number of halogens is 2. The summed E-state index contributed by atoms with van der Waals surface area (Å²) in [5.74, 6) is -3.43. The SMILES string of the molecule is CCOC(=O)CN1C(=O)C(=O)c2c(Cl)ccc(F)c21. The van der Waals surface area contributed by atoms with E-state index in [1.807, 2.05) is 0 Å². The van der Waals surface area contributed by atoms with Gasteiger partial charge in [0.15, 0.2) is 0 Å². The molecule has 0 unspecified atom stereocenters. The van der Waals surface area contributed by atoms with Crippen LogP contribution in [0.15, 0.2) is 12.1 Å². The topological polar surface area (TPSA) is 63.7 Å². The van der Waals surface area contributed by atoms with Crippen molar-refractivity contribution in [2.75, 3.05) is 18.1 Å². The van der Waals surface area contributed by atoms with Crippen LogP contribution in [-0.4, -0.2) is 30.8 Å². The second kappa shape index (κ2) is 4.97. The molecule has 2 rings (SSSR count). The van der Waals surface area contributed by atoms with Gasteiger partial charge in [0.2, 0.25) is 0 Å². The smallest absolute Gasteiger partial charge is 0.326 e. The number of hydrogen-bond donors (Lipinski definition) is 0. The first-order chi connectivity index (χ1) is 8.97. The Balaban J connectivity index is 2.44. The van der Waals surface area contributed by atoms with Gasteiger partial charge in [0.25, 0.3) is 11.7 Å². The van der Waals surface area contributed by atoms with Crippen molar-refractivity contribution < 1.29 is 23.5 Å². The lowest BCUT2D eigenvalue weighted by atomic mass is 10.1. The Morgan fingerprint density at radius 2 is 2.11 bits per heavy atom. The van der Waals surface area contributed by atoms with Crippen molar-refractivity contribution in [1.82, 2.24) is 0 Å². The van der Waals surface area contributed by atoms with Gasteiger partial charge in [-0.05, 0) is 19.1 Å². The largest absolute Gasteiger partial charge is 0.465 e. The van der Waals surface area contributed by atoms with Gasteiger partial charge in [-0.3, -0.25) is 19.3 Å². The zero-order valence-corrected chi connectivity index (χ0v) is 10.7. The molecule has 1 aromatic carbocycles. The first kappa shape index (κ1) is 13.5. The standard InChI is InChI=1S/C12H9ClFNO4/c1-2-19-8(16)5-15-10-7(14)4-3-6(13)9(10)11(17)12(15)18/h3-4H,2,5H2,1H3. The van der Waals surface area contributed by atoms with Crippen molar-refractivity contribution in [3.8, 4) is 0 Å². The number of carbonyl (C=O) groups excluding carboxylic acids is 3. The summed E-state index contributed by atoms with van der Waals surface area (Å²) in [4.78, 5) is 35.6. The monoisotopic (exact) mass is 285 g/mol. The van der Waals surface area contributed by atoms with Gasteiger partial charge in [-0.15, -0.1) is 0 Å². The Morgan fingerprint density at radius 3 is 2.74 bits per heavy atom. The number of Topliss-reactive ketones (excluding diaryl/α,β-unsaturated/α-hetero) is 1. The normalized spacial score (nSPS) is 13.7. The number of nitrogens with zero attached hydrogens (tertiary/aromatic N) is 1. The highest BCUT2D eigenvalue weighted by Gasteiger charge is 2.40. The molecular formula is C12H9ClFNO4. The van der Waals surface area contributed by atoms with Gasteiger partial charge in [-0.2, -0.15) is 0 Å². The summed E-state index contributed by atoms with van der Waals surface area (Å²) >= 11 is 5.78. The molecule has 5 nitrogen and oxygen atoms in total. The third kappa shape index (κ3) is 2.19. The quantitative estimate of drug-likeness (QED) is 0.625. The van der Waals surface area contributed by atoms with Crippen LogP contribution >= 0.6 is 11.6 Å². The van der Waals surface area contributed by atoms with Crippen molar-refractivity contribution in [2.24, 2.45) is 0 Å². The predicted octanol–water partition coefficient (Wildman–Crippen LogP) is 1.57. The van der Waals surface area contributed by atoms with E-state index in [0.717, 1.165) is 11.0 Å². The van der Waals surface area contributed by atoms with Gasteiger partial charge in [0.1, 0.15) is 12.4 Å². The number of esters is 1. The molecule has 0 bridgehead atoms. The molecule has 1 aromatic rings. The first-order valence-corrected chi connectivity index (χ1v) is 5.85. The van der Waals surface area contributed by atoms with Crippen LogP contribution in [-0.2, 0) is 14.3 Å². The van der Waals surface area contributed by atoms with E-state index >= 15 is 0 Å². The Morgan fingerprint density at radius 1 is 1.42 bits per heavy atom. The van der Waals surface area contributed by atoms with Gasteiger partial charge in [-0.25, -0.2) is 4.39 Å². The molecule has 0 radical (unpaired) electrons. The van der Waals surface area contributed by atoms with E-state index in [-0.39, 0.29) is 22.9 Å². The molecule has 0 fully saturated rings. The van der Waals surface area contributed by atoms with Crippen molar-refractivity contribution in [3.63, 3.8) is 0 Å². The van der Waals surface area contributed by atoms with Crippen LogP contribution in [0.2, 0.25) is 5.02 Å². The third-order valence-corrected chi connectivity index (χ3v) is 2.92. The zero-order valence-electron chi connectivity index (χ0n) is 9.91. The van der Waals surface area contributed by atoms with E-state index < -0.39 is 30.0 Å². The van der Waals surface area contributed by atoms with Crippen molar-refractivity contribution in [2.45, 2.75) is 6.92 Å². The lowest BCUT2D eigenvalue weighted by molar-refractivity contribution is -0.142. The Kier molecular flexibility index (Phi) is 3.53. The molecule has 0 aromatic heterocycles. The summed E-state index contributed by atoms with van der Waals surface area (Å²) < 4.78 is 18.4. The molecule has 1 aliphatic rings. The van der Waals surface area contributed by atoms with E-state index in [0.29, 0.717) is 0 Å². The number of anilines is 1. The van der Waals surface area contributed by atoms with Gasteiger partial charge in [0.05, 0.1) is 22.9 Å². The minimum Gasteiger partial charge on any atom is -0.465 e. The number of hydrogen-bond acceptors (Lipinski definition) is 4. The van der Waals surface area contributed by atoms with E-state index in [1.165, 1.54) is 6.07 Å². The molecule has 19 heavy (non-hydrogen) atoms. The number of fused-ring (bicyclic) bond motifs is 1. The average Bonchev–Trinajstić information content (AvgIpc) is 2.60. The second-order valence-electron chi connectivity index (χ2n) is 3.78. The fraction of sp³-hybridized carbons (Fsp3) is 0.250. The summed E-state index contributed by atoms with van der Waals surface area (Å²) in [5.41, 5.74) is -0.480. The molecule has 0 saturated carbocycles. The molecule has 7 heteroatoms. The fourth-order valence-corrected chi connectivity index (χ4v) is 2.08. The highest BCUT2D eigenvalue weighted by atomic mass is 35.5. The minimum atomic E-state index is -0.991. The summed E-state index contributed by atoms with van der Waals surface area (Å²) in [6, 6.07) is 2.22. The molecule has 1 amide bonds. The number of benzene rings is 1. The van der Waals surface area contributed by atoms with Crippen molar-refractivity contribution >= 4 is 34.9 Å². The number of carbonyl (C=O) groups is 3. The van der Waals surface area contributed by atoms with Gasteiger partial charge < -0.3 is 4.74 Å². The number of amides is 1. The second-order valence-corrected chi connectivity index (χ2v) is 4.19. The molecular weight excluding hydrogens is 277 g/mol. The van der Waals surface area contributed by atoms with Crippen LogP contribution in [0.3, 0.4) is 0 Å². The van der Waals surface area contributed by atoms with E-state index in [1.54, 1.807) is 6.92 Å². The number of rotatable bonds is 3. The van der Waals surface area contributed by atoms with E-state index in [4.69, 9.17) is 11.6 Å². The molecule has 0 saturated heterocycles. The Hall–Kier alpha value is -1.95. The highest BCUT2D eigenvalue weighted by molar-refractivity contribution is 6.55. The lowest BCUT2D eigenvalue weighted by Crippen LogP contribution is -2.35. The number of ether oxygens (including phenoxy) is 1. The fourth-order valence-electron chi connectivity index (χ4n) is 1.84. The van der Waals surface area contributed by atoms with Crippen LogP contribution in [0.5, 0.6) is 0 Å². The molecule has 100 valence electrons. The first-order valence-electron chi connectivity index (χ1n) is 5.47. The Bertz CT molecular complexity index is 587. The van der Waals surface area contributed by atoms with Gasteiger partial charge in [-0.1, -0.05) is 11.6 Å². The number of ketones is 1. The molecule has 1 heterocycles. The van der Waals surface area contributed by atoms with Gasteiger partial charge >= 0.3 is 5.97 Å². The minimum absolute atomic E-state index is 0.0268. The van der Waals surface area contributed by atoms with Crippen LogP contribution < -0.4 is 4.90 Å². The molecule has 1 aliphatic heterocycles. The predicted molar refractivity (Wildman–Crippen MR) is 64.7 cm³/mol. The van der Waals surface area contributed by atoms with Crippen LogP contribution in [0.4, 0.5) is 10.1 Å². The van der Waals surface area contributed by atoms with Crippen LogP contribution in [0, 0.1) is 5.82 Å². The molecule has 0 spiro atoms. The van der Waals surface area contributed by atoms with Crippen molar-refractivity contribution in [3.05, 3.63) is 28.5 Å². The highest BCUT2D eigenvalue weighted by Crippen LogP contribution is 2.36. The summed E-state index contributed by atoms with van der Waals surface area (Å²) in [6.07, 6.45) is 0. The van der Waals surface area contributed by atoms with E-state index in [2.05, 4.69) is 4.74 Å². The summed E-state index contributed by atoms with van der Waals surface area (Å²) in [7, 11) is 0. The maximum absolute atomic E-state index is 13.7. The summed E-state index contributed by atoms with van der Waals surface area (Å²) in [5, 5.41) is -0.0268. The summed E-state index contributed by atoms with van der Waals surface area (Å²) in [6.45, 7) is 1.20. The van der Waals surface area contributed by atoms with Crippen molar-refractivity contribution in [1.29, 1.82) is 0 Å². The maximum atomic E-state index is 13.7. The third-order valence-electron chi connectivity index (χ3n) is 2.61. The van der Waals surface area contributed by atoms with Crippen LogP contribution in [0.1, 0.15) is 17.3 Å². The Labute approximate surface area is 112 Å². The van der Waals surface area contributed by atoms with E-state index in [9.17, 15) is 18.8 Å². The molecule has 0 aliphatic carbocycles. The zero-order chi connectivity index (χ0) is 14.2. The van der Waals surface area contributed by atoms with Gasteiger partial charge in [0, 0.05) is 0 Å². The lowest BCUT2D eigenvalue weighted by Gasteiger charge is -2.15. The molecule has 0 atom stereocenters. The molecule has 0 N–H and O–H groups in total. The average molecular weight is 286 g/mol. The maximum Gasteiger partial charge on any atom is 0.326 e. The van der Waals surface area contributed by atoms with Crippen LogP contribution in [0.25, 0.3) is 0 Å².